The van der Waals surface area contributed by atoms with E-state index in [0.717, 1.165) is 36.1 Å². The lowest BCUT2D eigenvalue weighted by Crippen LogP contribution is -2.33. The molecule has 30 heavy (non-hydrogen) atoms. The monoisotopic (exact) mass is 397 g/mol. The summed E-state index contributed by atoms with van der Waals surface area (Å²) in [5.41, 5.74) is 3.47. The second-order valence-electron chi connectivity index (χ2n) is 7.67. The average Bonchev–Trinajstić information content (AvgIpc) is 2.80. The van der Waals surface area contributed by atoms with E-state index in [4.69, 9.17) is 5.26 Å². The normalized spacial score (nSPS) is 14.2. The molecule has 0 bridgehead atoms. The molecule has 2 heterocycles. The van der Waals surface area contributed by atoms with Crippen LogP contribution in [-0.4, -0.2) is 29.2 Å². The highest BCUT2D eigenvalue weighted by Gasteiger charge is 2.17. The van der Waals surface area contributed by atoms with Gasteiger partial charge in [0.15, 0.2) is 5.82 Å². The summed E-state index contributed by atoms with van der Waals surface area (Å²) in [4.78, 5) is 14.6. The second kappa shape index (κ2) is 8.75. The molecule has 0 radical (unpaired) electrons. The van der Waals surface area contributed by atoms with Crippen molar-refractivity contribution in [2.45, 2.75) is 19.8 Å². The zero-order valence-electron chi connectivity index (χ0n) is 16.9. The third-order valence-corrected chi connectivity index (χ3v) is 5.47. The van der Waals surface area contributed by atoms with E-state index in [0.29, 0.717) is 16.8 Å². The van der Waals surface area contributed by atoms with E-state index >= 15 is 0 Å². The molecule has 1 N–H and O–H groups in total. The number of amides is 1. The summed E-state index contributed by atoms with van der Waals surface area (Å²) in [7, 11) is 0. The molecule has 6 nitrogen and oxygen atoms in total. The van der Waals surface area contributed by atoms with Crippen molar-refractivity contribution < 1.29 is 4.79 Å². The first-order valence-electron chi connectivity index (χ1n) is 10.1. The van der Waals surface area contributed by atoms with Gasteiger partial charge in [-0.15, -0.1) is 10.2 Å². The van der Waals surface area contributed by atoms with Gasteiger partial charge in [0, 0.05) is 29.9 Å². The number of nitriles is 1. The zero-order valence-corrected chi connectivity index (χ0v) is 16.9. The van der Waals surface area contributed by atoms with Gasteiger partial charge in [-0.25, -0.2) is 0 Å². The van der Waals surface area contributed by atoms with Crippen molar-refractivity contribution >= 4 is 17.4 Å². The number of piperidine rings is 1. The fraction of sp³-hybridized carbons (Fsp3) is 0.250. The fourth-order valence-corrected chi connectivity index (χ4v) is 3.51. The lowest BCUT2D eigenvalue weighted by Gasteiger charge is -2.30. The van der Waals surface area contributed by atoms with E-state index in [1.165, 1.54) is 12.8 Å². The Morgan fingerprint density at radius 1 is 1.00 bits per heavy atom. The van der Waals surface area contributed by atoms with Crippen LogP contribution in [0, 0.1) is 17.2 Å². The van der Waals surface area contributed by atoms with Crippen LogP contribution in [0.4, 0.5) is 11.5 Å². The number of hydrogen-bond donors (Lipinski definition) is 1. The van der Waals surface area contributed by atoms with Crippen molar-refractivity contribution in [3.05, 3.63) is 71.8 Å². The van der Waals surface area contributed by atoms with Crippen molar-refractivity contribution in [3.8, 4) is 17.3 Å². The van der Waals surface area contributed by atoms with Gasteiger partial charge in [-0.05, 0) is 67.3 Å². The highest BCUT2D eigenvalue weighted by molar-refractivity contribution is 6.04. The molecule has 1 saturated heterocycles. The lowest BCUT2D eigenvalue weighted by molar-refractivity contribution is 0.102. The number of carbonyl (C=O) groups is 1. The molecule has 1 amide bonds. The predicted molar refractivity (Wildman–Crippen MR) is 117 cm³/mol. The van der Waals surface area contributed by atoms with E-state index in [9.17, 15) is 4.79 Å². The minimum Gasteiger partial charge on any atom is -0.355 e. The molecule has 2 aromatic carbocycles. The molecule has 1 aromatic heterocycles. The molecular weight excluding hydrogens is 374 g/mol. The molecular formula is C24H23N5O. The summed E-state index contributed by atoms with van der Waals surface area (Å²) in [5, 5.41) is 20.5. The minimum atomic E-state index is -0.216. The van der Waals surface area contributed by atoms with E-state index in [2.05, 4.69) is 27.3 Å². The topological polar surface area (TPSA) is 81.9 Å². The Balaban J connectivity index is 1.40. The van der Waals surface area contributed by atoms with Crippen LogP contribution in [0.15, 0.2) is 60.7 Å². The maximum absolute atomic E-state index is 12.4. The molecule has 1 fully saturated rings. The summed E-state index contributed by atoms with van der Waals surface area (Å²) >= 11 is 0. The Morgan fingerprint density at radius 2 is 1.70 bits per heavy atom. The van der Waals surface area contributed by atoms with Crippen LogP contribution in [0.1, 0.15) is 35.7 Å². The Labute approximate surface area is 176 Å². The minimum absolute atomic E-state index is 0.216. The first-order chi connectivity index (χ1) is 14.6. The summed E-state index contributed by atoms with van der Waals surface area (Å²) in [6, 6.07) is 20.1. The van der Waals surface area contributed by atoms with E-state index in [1.54, 1.807) is 24.3 Å². The Kier molecular flexibility index (Phi) is 5.71. The second-order valence-corrected chi connectivity index (χ2v) is 7.67. The molecule has 0 saturated carbocycles. The van der Waals surface area contributed by atoms with Crippen molar-refractivity contribution in [1.82, 2.24) is 10.2 Å². The molecule has 6 heteroatoms. The quantitative estimate of drug-likeness (QED) is 0.701. The number of nitrogens with zero attached hydrogens (tertiary/aromatic N) is 4. The number of hydrogen-bond acceptors (Lipinski definition) is 5. The van der Waals surface area contributed by atoms with Gasteiger partial charge in [-0.1, -0.05) is 19.1 Å². The van der Waals surface area contributed by atoms with E-state index in [1.807, 2.05) is 42.5 Å². The highest BCUT2D eigenvalue weighted by Crippen LogP contribution is 2.24. The molecule has 0 aliphatic carbocycles. The number of aromatic nitrogens is 2. The number of anilines is 2. The van der Waals surface area contributed by atoms with Crippen LogP contribution in [-0.2, 0) is 0 Å². The molecule has 0 unspecified atom stereocenters. The third kappa shape index (κ3) is 4.47. The molecule has 0 spiro atoms. The molecule has 150 valence electrons. The maximum atomic E-state index is 12.4. The van der Waals surface area contributed by atoms with Crippen LogP contribution >= 0.6 is 0 Å². The van der Waals surface area contributed by atoms with Gasteiger partial charge in [0.25, 0.3) is 5.91 Å². The van der Waals surface area contributed by atoms with Gasteiger partial charge in [0.05, 0.1) is 17.3 Å². The predicted octanol–water partition coefficient (Wildman–Crippen LogP) is 4.50. The summed E-state index contributed by atoms with van der Waals surface area (Å²) < 4.78 is 0. The van der Waals surface area contributed by atoms with E-state index < -0.39 is 0 Å². The third-order valence-electron chi connectivity index (χ3n) is 5.47. The zero-order chi connectivity index (χ0) is 20.9. The Morgan fingerprint density at radius 3 is 2.30 bits per heavy atom. The standard InChI is InChI=1S/C24H23N5O/c1-17-12-14-29(15-13-17)23-11-10-22(27-28-23)19-6-8-21(9-7-19)26-24(30)20-4-2-18(16-25)3-5-20/h2-11,17H,12-15H2,1H3,(H,26,30). The van der Waals surface area contributed by atoms with Crippen molar-refractivity contribution in [3.63, 3.8) is 0 Å². The number of rotatable bonds is 4. The maximum Gasteiger partial charge on any atom is 0.255 e. The lowest BCUT2D eigenvalue weighted by atomic mass is 9.99. The number of nitrogens with one attached hydrogen (secondary N) is 1. The molecule has 1 aliphatic rings. The fourth-order valence-electron chi connectivity index (χ4n) is 3.51. The summed E-state index contributed by atoms with van der Waals surface area (Å²) in [6.45, 7) is 4.36. The largest absolute Gasteiger partial charge is 0.355 e. The smallest absolute Gasteiger partial charge is 0.255 e. The van der Waals surface area contributed by atoms with Gasteiger partial charge >= 0.3 is 0 Å². The van der Waals surface area contributed by atoms with Gasteiger partial charge < -0.3 is 10.2 Å². The van der Waals surface area contributed by atoms with Crippen LogP contribution in [0.2, 0.25) is 0 Å². The summed E-state index contributed by atoms with van der Waals surface area (Å²) in [5.74, 6) is 1.49. The molecule has 4 rings (SSSR count). The van der Waals surface area contributed by atoms with Gasteiger partial charge in [0.2, 0.25) is 0 Å². The van der Waals surface area contributed by atoms with Gasteiger partial charge in [0.1, 0.15) is 0 Å². The van der Waals surface area contributed by atoms with Crippen LogP contribution in [0.5, 0.6) is 0 Å². The number of carbonyl (C=O) groups excluding carboxylic acids is 1. The van der Waals surface area contributed by atoms with Crippen LogP contribution in [0.25, 0.3) is 11.3 Å². The Bertz CT molecular complexity index is 1040. The Hall–Kier alpha value is -3.72. The first kappa shape index (κ1) is 19.6. The van der Waals surface area contributed by atoms with Crippen LogP contribution in [0.3, 0.4) is 0 Å². The van der Waals surface area contributed by atoms with Gasteiger partial charge in [-0.3, -0.25) is 4.79 Å². The van der Waals surface area contributed by atoms with Crippen molar-refractivity contribution in [2.75, 3.05) is 23.3 Å². The first-order valence-corrected chi connectivity index (χ1v) is 10.1. The number of benzene rings is 2. The van der Waals surface area contributed by atoms with Crippen molar-refractivity contribution in [1.29, 1.82) is 5.26 Å². The molecule has 1 aliphatic heterocycles. The average molecular weight is 397 g/mol. The van der Waals surface area contributed by atoms with Gasteiger partial charge in [-0.2, -0.15) is 5.26 Å². The highest BCUT2D eigenvalue weighted by atomic mass is 16.1. The van der Waals surface area contributed by atoms with E-state index in [-0.39, 0.29) is 5.91 Å². The molecule has 0 atom stereocenters. The summed E-state index contributed by atoms with van der Waals surface area (Å²) in [6.07, 6.45) is 2.39. The SMILES string of the molecule is CC1CCN(c2ccc(-c3ccc(NC(=O)c4ccc(C#N)cc4)cc3)nn2)CC1. The van der Waals surface area contributed by atoms with Crippen molar-refractivity contribution in [2.24, 2.45) is 5.92 Å². The van der Waals surface area contributed by atoms with Crippen LogP contribution < -0.4 is 10.2 Å². The molecule has 3 aromatic rings.